The van der Waals surface area contributed by atoms with Crippen molar-refractivity contribution in [1.82, 2.24) is 9.88 Å². The summed E-state index contributed by atoms with van der Waals surface area (Å²) in [5, 5.41) is 3.20. The second-order valence-corrected chi connectivity index (χ2v) is 5.92. The maximum atomic E-state index is 12.6. The van der Waals surface area contributed by atoms with E-state index in [1.54, 1.807) is 32.5 Å². The first-order valence-electron chi connectivity index (χ1n) is 8.87. The van der Waals surface area contributed by atoms with Crippen molar-refractivity contribution in [2.24, 2.45) is 0 Å². The molecular weight excluding hydrogens is 330 g/mol. The molecule has 0 aliphatic carbocycles. The van der Waals surface area contributed by atoms with Gasteiger partial charge in [0.2, 0.25) is 0 Å². The summed E-state index contributed by atoms with van der Waals surface area (Å²) in [4.78, 5) is 18.8. The molecule has 0 radical (unpaired) electrons. The molecule has 0 saturated carbocycles. The molecular formula is C20H27N3O3. The quantitative estimate of drug-likeness (QED) is 0.732. The number of benzene rings is 1. The molecule has 2 aromatic rings. The summed E-state index contributed by atoms with van der Waals surface area (Å²) in [5.41, 5.74) is 1.43. The van der Waals surface area contributed by atoms with Gasteiger partial charge in [-0.05, 0) is 37.1 Å². The van der Waals surface area contributed by atoms with Crippen LogP contribution < -0.4 is 14.8 Å². The summed E-state index contributed by atoms with van der Waals surface area (Å²) < 4.78 is 10.5. The summed E-state index contributed by atoms with van der Waals surface area (Å²) in [7, 11) is 3.20. The zero-order valence-electron chi connectivity index (χ0n) is 15.9. The fraction of sp³-hybridized carbons (Fsp3) is 0.400. The number of hydrogen-bond donors (Lipinski definition) is 1. The van der Waals surface area contributed by atoms with Gasteiger partial charge in [-0.25, -0.2) is 4.98 Å². The first kappa shape index (κ1) is 19.6. The number of rotatable bonds is 9. The number of nitrogens with zero attached hydrogens (tertiary/aromatic N) is 2. The third kappa shape index (κ3) is 4.88. The Morgan fingerprint density at radius 3 is 2.27 bits per heavy atom. The van der Waals surface area contributed by atoms with Gasteiger partial charge in [-0.1, -0.05) is 13.8 Å². The summed E-state index contributed by atoms with van der Waals surface area (Å²) in [6.45, 7) is 5.67. The van der Waals surface area contributed by atoms with E-state index in [1.165, 1.54) is 0 Å². The van der Waals surface area contributed by atoms with Crippen LogP contribution >= 0.6 is 0 Å². The number of anilines is 2. The van der Waals surface area contributed by atoms with Crippen molar-refractivity contribution in [3.05, 3.63) is 42.1 Å². The molecule has 0 atom stereocenters. The number of hydrogen-bond acceptors (Lipinski definition) is 5. The molecule has 1 aromatic heterocycles. The predicted octanol–water partition coefficient (Wildman–Crippen LogP) is 4.10. The molecule has 6 nitrogen and oxygen atoms in total. The van der Waals surface area contributed by atoms with E-state index >= 15 is 0 Å². The Bertz CT molecular complexity index is 711. The molecule has 0 unspecified atom stereocenters. The van der Waals surface area contributed by atoms with Gasteiger partial charge < -0.3 is 19.7 Å². The topological polar surface area (TPSA) is 63.7 Å². The van der Waals surface area contributed by atoms with E-state index in [1.807, 2.05) is 23.1 Å². The highest BCUT2D eigenvalue weighted by molar-refractivity contribution is 5.94. The number of pyridine rings is 1. The minimum Gasteiger partial charge on any atom is -0.493 e. The average Bonchev–Trinajstić information content (AvgIpc) is 2.67. The lowest BCUT2D eigenvalue weighted by Crippen LogP contribution is -2.32. The highest BCUT2D eigenvalue weighted by Crippen LogP contribution is 2.30. The van der Waals surface area contributed by atoms with Crippen LogP contribution in [0, 0.1) is 0 Å². The molecule has 26 heavy (non-hydrogen) atoms. The van der Waals surface area contributed by atoms with Crippen LogP contribution in [0.25, 0.3) is 0 Å². The molecule has 1 N–H and O–H groups in total. The lowest BCUT2D eigenvalue weighted by atomic mass is 10.2. The van der Waals surface area contributed by atoms with Crippen molar-refractivity contribution in [2.75, 3.05) is 32.6 Å². The minimum atomic E-state index is 0.0267. The Morgan fingerprint density at radius 2 is 1.73 bits per heavy atom. The SMILES string of the molecule is CCCN(CCC)C(=O)c1ccc(Nc2ccc(OC)c(OC)c2)nc1. The minimum absolute atomic E-state index is 0.0267. The Labute approximate surface area is 155 Å². The summed E-state index contributed by atoms with van der Waals surface area (Å²) in [5.74, 6) is 1.99. The van der Waals surface area contributed by atoms with Crippen LogP contribution in [0.5, 0.6) is 11.5 Å². The molecule has 0 spiro atoms. The third-order valence-electron chi connectivity index (χ3n) is 3.94. The number of aromatic nitrogens is 1. The van der Waals surface area contributed by atoms with E-state index in [4.69, 9.17) is 9.47 Å². The number of nitrogens with one attached hydrogen (secondary N) is 1. The summed E-state index contributed by atoms with van der Waals surface area (Å²) in [6.07, 6.45) is 3.50. The summed E-state index contributed by atoms with van der Waals surface area (Å²) in [6, 6.07) is 9.15. The Hall–Kier alpha value is -2.76. The average molecular weight is 357 g/mol. The number of amides is 1. The first-order valence-corrected chi connectivity index (χ1v) is 8.87. The smallest absolute Gasteiger partial charge is 0.255 e. The molecule has 1 amide bonds. The van der Waals surface area contributed by atoms with Gasteiger partial charge in [0.05, 0.1) is 19.8 Å². The van der Waals surface area contributed by atoms with Crippen molar-refractivity contribution >= 4 is 17.4 Å². The van der Waals surface area contributed by atoms with Gasteiger partial charge in [0.1, 0.15) is 5.82 Å². The Kier molecular flexibility index (Phi) is 7.26. The highest BCUT2D eigenvalue weighted by atomic mass is 16.5. The van der Waals surface area contributed by atoms with Crippen LogP contribution in [0.15, 0.2) is 36.5 Å². The van der Waals surface area contributed by atoms with Crippen molar-refractivity contribution in [2.45, 2.75) is 26.7 Å². The van der Waals surface area contributed by atoms with Gasteiger partial charge >= 0.3 is 0 Å². The van der Waals surface area contributed by atoms with Gasteiger partial charge in [0.25, 0.3) is 5.91 Å². The lowest BCUT2D eigenvalue weighted by Gasteiger charge is -2.21. The van der Waals surface area contributed by atoms with Crippen molar-refractivity contribution in [3.8, 4) is 11.5 Å². The standard InChI is InChI=1S/C20H27N3O3/c1-5-11-23(12-6-2)20(24)15-7-10-19(21-14-15)22-16-8-9-17(25-3)18(13-16)26-4/h7-10,13-14H,5-6,11-12H2,1-4H3,(H,21,22). The fourth-order valence-electron chi connectivity index (χ4n) is 2.69. The van der Waals surface area contributed by atoms with Crippen LogP contribution in [-0.2, 0) is 0 Å². The number of ether oxygens (including phenoxy) is 2. The Morgan fingerprint density at radius 1 is 1.04 bits per heavy atom. The molecule has 1 aromatic carbocycles. The van der Waals surface area contributed by atoms with Crippen LogP contribution in [0.3, 0.4) is 0 Å². The highest BCUT2D eigenvalue weighted by Gasteiger charge is 2.14. The van der Waals surface area contributed by atoms with Crippen molar-refractivity contribution in [1.29, 1.82) is 0 Å². The monoisotopic (exact) mass is 357 g/mol. The van der Waals surface area contributed by atoms with Gasteiger partial charge in [-0.2, -0.15) is 0 Å². The van der Waals surface area contributed by atoms with E-state index in [2.05, 4.69) is 24.1 Å². The van der Waals surface area contributed by atoms with E-state index in [-0.39, 0.29) is 5.91 Å². The third-order valence-corrected chi connectivity index (χ3v) is 3.94. The second kappa shape index (κ2) is 9.65. The maximum absolute atomic E-state index is 12.6. The van der Waals surface area contributed by atoms with Crippen LogP contribution in [0.2, 0.25) is 0 Å². The maximum Gasteiger partial charge on any atom is 0.255 e. The van der Waals surface area contributed by atoms with Crippen LogP contribution in [0.1, 0.15) is 37.0 Å². The van der Waals surface area contributed by atoms with Crippen LogP contribution in [0.4, 0.5) is 11.5 Å². The van der Waals surface area contributed by atoms with Crippen molar-refractivity contribution < 1.29 is 14.3 Å². The lowest BCUT2D eigenvalue weighted by molar-refractivity contribution is 0.0755. The van der Waals surface area contributed by atoms with Gasteiger partial charge in [-0.3, -0.25) is 4.79 Å². The molecule has 0 saturated heterocycles. The predicted molar refractivity (Wildman–Crippen MR) is 104 cm³/mol. The molecule has 0 aliphatic rings. The van der Waals surface area contributed by atoms with E-state index in [0.717, 1.165) is 31.6 Å². The van der Waals surface area contributed by atoms with Crippen LogP contribution in [-0.4, -0.2) is 43.1 Å². The van der Waals surface area contributed by atoms with Gasteiger partial charge in [0.15, 0.2) is 11.5 Å². The normalized spacial score (nSPS) is 10.3. The molecule has 140 valence electrons. The number of carbonyl (C=O) groups is 1. The van der Waals surface area contributed by atoms with Gasteiger partial charge in [-0.15, -0.1) is 0 Å². The van der Waals surface area contributed by atoms with E-state index in [0.29, 0.717) is 22.9 Å². The molecule has 6 heteroatoms. The fourth-order valence-corrected chi connectivity index (χ4v) is 2.69. The van der Waals surface area contributed by atoms with E-state index in [9.17, 15) is 4.79 Å². The zero-order valence-corrected chi connectivity index (χ0v) is 15.9. The number of methoxy groups -OCH3 is 2. The molecule has 1 heterocycles. The zero-order chi connectivity index (χ0) is 18.9. The molecule has 2 rings (SSSR count). The van der Waals surface area contributed by atoms with Gasteiger partial charge in [0, 0.05) is 31.0 Å². The van der Waals surface area contributed by atoms with E-state index < -0.39 is 0 Å². The first-order chi connectivity index (χ1) is 12.6. The molecule has 0 aliphatic heterocycles. The van der Waals surface area contributed by atoms with Crippen molar-refractivity contribution in [3.63, 3.8) is 0 Å². The molecule has 0 fully saturated rings. The Balaban J connectivity index is 2.10. The molecule has 0 bridgehead atoms. The second-order valence-electron chi connectivity index (χ2n) is 5.92. The number of carbonyl (C=O) groups excluding carboxylic acids is 1. The largest absolute Gasteiger partial charge is 0.493 e. The summed E-state index contributed by atoms with van der Waals surface area (Å²) >= 11 is 0.